The third-order valence-electron chi connectivity index (χ3n) is 2.34. The van der Waals surface area contributed by atoms with Crippen LogP contribution in [-0.4, -0.2) is 32.0 Å². The molecule has 1 aromatic rings. The standard InChI is InChI=1S/C13H20N2O3/c1-3-17-12(18-4-2)9-15-13(16)10-7-5-6-8-11(10)14/h5-8,12H,3-4,9,14H2,1-2H3,(H,15,16). The molecule has 0 bridgehead atoms. The van der Waals surface area contributed by atoms with Gasteiger partial charge in [-0.3, -0.25) is 4.79 Å². The topological polar surface area (TPSA) is 73.6 Å². The smallest absolute Gasteiger partial charge is 0.253 e. The Morgan fingerprint density at radius 3 is 2.44 bits per heavy atom. The van der Waals surface area contributed by atoms with Gasteiger partial charge < -0.3 is 20.5 Å². The average molecular weight is 252 g/mol. The molecule has 0 spiro atoms. The van der Waals surface area contributed by atoms with Crippen LogP contribution in [0.5, 0.6) is 0 Å². The molecule has 3 N–H and O–H groups in total. The van der Waals surface area contributed by atoms with E-state index in [0.29, 0.717) is 31.0 Å². The van der Waals surface area contributed by atoms with Crippen molar-refractivity contribution in [2.24, 2.45) is 0 Å². The zero-order valence-electron chi connectivity index (χ0n) is 10.8. The largest absolute Gasteiger partial charge is 0.398 e. The van der Waals surface area contributed by atoms with Crippen LogP contribution in [0.2, 0.25) is 0 Å². The summed E-state index contributed by atoms with van der Waals surface area (Å²) in [6.07, 6.45) is -0.422. The number of nitrogens with one attached hydrogen (secondary N) is 1. The number of carbonyl (C=O) groups is 1. The second-order valence-corrected chi connectivity index (χ2v) is 3.64. The second kappa shape index (κ2) is 7.68. The summed E-state index contributed by atoms with van der Waals surface area (Å²) in [5.41, 5.74) is 6.64. The predicted octanol–water partition coefficient (Wildman–Crippen LogP) is 1.40. The van der Waals surface area contributed by atoms with Crippen molar-refractivity contribution < 1.29 is 14.3 Å². The first kappa shape index (κ1) is 14.5. The van der Waals surface area contributed by atoms with Gasteiger partial charge in [0, 0.05) is 18.9 Å². The summed E-state index contributed by atoms with van der Waals surface area (Å²) in [5, 5.41) is 2.74. The summed E-state index contributed by atoms with van der Waals surface area (Å²) in [5.74, 6) is -0.225. The van der Waals surface area contributed by atoms with Crippen molar-refractivity contribution in [3.05, 3.63) is 29.8 Å². The number of rotatable bonds is 7. The fourth-order valence-corrected chi connectivity index (χ4v) is 1.51. The third kappa shape index (κ3) is 4.35. The number of nitrogen functional groups attached to an aromatic ring is 1. The van der Waals surface area contributed by atoms with Gasteiger partial charge in [-0.2, -0.15) is 0 Å². The van der Waals surface area contributed by atoms with Crippen LogP contribution in [0.25, 0.3) is 0 Å². The zero-order valence-corrected chi connectivity index (χ0v) is 10.8. The maximum absolute atomic E-state index is 11.9. The summed E-state index contributed by atoms with van der Waals surface area (Å²) in [6.45, 7) is 5.13. The highest BCUT2D eigenvalue weighted by molar-refractivity contribution is 5.99. The van der Waals surface area contributed by atoms with E-state index in [4.69, 9.17) is 15.2 Å². The molecule has 0 heterocycles. The van der Waals surface area contributed by atoms with E-state index in [1.807, 2.05) is 13.8 Å². The van der Waals surface area contributed by atoms with E-state index in [-0.39, 0.29) is 5.91 Å². The van der Waals surface area contributed by atoms with Crippen LogP contribution in [0.15, 0.2) is 24.3 Å². The van der Waals surface area contributed by atoms with Crippen molar-refractivity contribution in [3.8, 4) is 0 Å². The molecule has 0 aliphatic heterocycles. The molecular formula is C13H20N2O3. The van der Waals surface area contributed by atoms with Gasteiger partial charge in [-0.1, -0.05) is 12.1 Å². The number of hydrogen-bond donors (Lipinski definition) is 2. The average Bonchev–Trinajstić information content (AvgIpc) is 2.36. The first-order chi connectivity index (χ1) is 8.69. The number of anilines is 1. The summed E-state index contributed by atoms with van der Waals surface area (Å²) < 4.78 is 10.7. The molecule has 100 valence electrons. The first-order valence-electron chi connectivity index (χ1n) is 6.04. The molecule has 0 aliphatic rings. The Labute approximate surface area is 107 Å². The van der Waals surface area contributed by atoms with Crippen LogP contribution in [0.1, 0.15) is 24.2 Å². The SMILES string of the molecule is CCOC(CNC(=O)c1ccccc1N)OCC. The Kier molecular flexibility index (Phi) is 6.18. The fraction of sp³-hybridized carbons (Fsp3) is 0.462. The van der Waals surface area contributed by atoms with Crippen LogP contribution in [0.4, 0.5) is 5.69 Å². The van der Waals surface area contributed by atoms with Crippen molar-refractivity contribution in [1.82, 2.24) is 5.32 Å². The molecule has 0 radical (unpaired) electrons. The Morgan fingerprint density at radius 1 is 1.28 bits per heavy atom. The molecule has 1 rings (SSSR count). The Balaban J connectivity index is 2.52. The molecule has 0 saturated heterocycles. The molecule has 0 aliphatic carbocycles. The van der Waals surface area contributed by atoms with Gasteiger partial charge in [0.05, 0.1) is 12.1 Å². The normalized spacial score (nSPS) is 10.6. The minimum absolute atomic E-state index is 0.225. The van der Waals surface area contributed by atoms with Crippen molar-refractivity contribution in [2.45, 2.75) is 20.1 Å². The lowest BCUT2D eigenvalue weighted by atomic mass is 10.1. The quantitative estimate of drug-likeness (QED) is 0.568. The van der Waals surface area contributed by atoms with Crippen LogP contribution in [0, 0.1) is 0 Å². The monoisotopic (exact) mass is 252 g/mol. The molecule has 0 aromatic heterocycles. The molecule has 1 amide bonds. The van der Waals surface area contributed by atoms with Crippen molar-refractivity contribution in [1.29, 1.82) is 0 Å². The number of hydrogen-bond acceptors (Lipinski definition) is 4. The maximum Gasteiger partial charge on any atom is 0.253 e. The summed E-state index contributed by atoms with van der Waals surface area (Å²) >= 11 is 0. The summed E-state index contributed by atoms with van der Waals surface area (Å²) in [4.78, 5) is 11.9. The third-order valence-corrected chi connectivity index (χ3v) is 2.34. The van der Waals surface area contributed by atoms with Gasteiger partial charge in [0.2, 0.25) is 0 Å². The van der Waals surface area contributed by atoms with Crippen molar-refractivity contribution in [2.75, 3.05) is 25.5 Å². The number of benzene rings is 1. The maximum atomic E-state index is 11.9. The van der Waals surface area contributed by atoms with E-state index in [2.05, 4.69) is 5.32 Å². The van der Waals surface area contributed by atoms with E-state index < -0.39 is 6.29 Å². The molecule has 5 nitrogen and oxygen atoms in total. The lowest BCUT2D eigenvalue weighted by Gasteiger charge is -2.17. The Hall–Kier alpha value is -1.59. The van der Waals surface area contributed by atoms with E-state index in [1.165, 1.54) is 0 Å². The number of carbonyl (C=O) groups excluding carboxylic acids is 1. The number of nitrogens with two attached hydrogens (primary N) is 1. The fourth-order valence-electron chi connectivity index (χ4n) is 1.51. The molecule has 1 aromatic carbocycles. The van der Waals surface area contributed by atoms with Gasteiger partial charge >= 0.3 is 0 Å². The van der Waals surface area contributed by atoms with Crippen molar-refractivity contribution >= 4 is 11.6 Å². The molecular weight excluding hydrogens is 232 g/mol. The van der Waals surface area contributed by atoms with Gasteiger partial charge in [-0.05, 0) is 26.0 Å². The molecule has 18 heavy (non-hydrogen) atoms. The molecule has 5 heteroatoms. The summed E-state index contributed by atoms with van der Waals surface area (Å²) in [7, 11) is 0. The second-order valence-electron chi connectivity index (χ2n) is 3.64. The van der Waals surface area contributed by atoms with Crippen molar-refractivity contribution in [3.63, 3.8) is 0 Å². The van der Waals surface area contributed by atoms with E-state index in [9.17, 15) is 4.79 Å². The molecule has 0 saturated carbocycles. The van der Waals surface area contributed by atoms with Crippen LogP contribution >= 0.6 is 0 Å². The Morgan fingerprint density at radius 2 is 1.89 bits per heavy atom. The molecule has 0 unspecified atom stereocenters. The van der Waals surface area contributed by atoms with E-state index in [0.717, 1.165) is 0 Å². The lowest BCUT2D eigenvalue weighted by molar-refractivity contribution is -0.131. The van der Waals surface area contributed by atoms with E-state index >= 15 is 0 Å². The van der Waals surface area contributed by atoms with E-state index in [1.54, 1.807) is 24.3 Å². The minimum Gasteiger partial charge on any atom is -0.398 e. The zero-order chi connectivity index (χ0) is 13.4. The van der Waals surface area contributed by atoms with Crippen LogP contribution in [-0.2, 0) is 9.47 Å². The van der Waals surface area contributed by atoms with Gasteiger partial charge in [-0.25, -0.2) is 0 Å². The first-order valence-corrected chi connectivity index (χ1v) is 6.04. The van der Waals surface area contributed by atoms with Gasteiger partial charge in [0.15, 0.2) is 6.29 Å². The molecule has 0 atom stereocenters. The highest BCUT2D eigenvalue weighted by Gasteiger charge is 2.12. The highest BCUT2D eigenvalue weighted by atomic mass is 16.7. The summed E-state index contributed by atoms with van der Waals surface area (Å²) in [6, 6.07) is 6.93. The lowest BCUT2D eigenvalue weighted by Crippen LogP contribution is -2.35. The van der Waals surface area contributed by atoms with Gasteiger partial charge in [-0.15, -0.1) is 0 Å². The number of ether oxygens (including phenoxy) is 2. The Bertz CT molecular complexity index is 376. The number of amides is 1. The van der Waals surface area contributed by atoms with Gasteiger partial charge in [0.1, 0.15) is 0 Å². The highest BCUT2D eigenvalue weighted by Crippen LogP contribution is 2.09. The minimum atomic E-state index is -0.422. The predicted molar refractivity (Wildman–Crippen MR) is 70.2 cm³/mol. The van der Waals surface area contributed by atoms with Gasteiger partial charge in [0.25, 0.3) is 5.91 Å². The molecule has 0 fully saturated rings. The van der Waals surface area contributed by atoms with Crippen LogP contribution < -0.4 is 11.1 Å². The number of para-hydroxylation sites is 1. The van der Waals surface area contributed by atoms with Crippen LogP contribution in [0.3, 0.4) is 0 Å².